The molecule has 2 heterocycles. The molecule has 0 aliphatic carbocycles. The maximum Gasteiger partial charge on any atom is 0.254 e. The summed E-state index contributed by atoms with van der Waals surface area (Å²) < 4.78 is 6.46. The second-order valence-electron chi connectivity index (χ2n) is 5.76. The number of carbonyl (C=O) groups is 1. The fraction of sp³-hybridized carbons (Fsp3) is 0.100. The molecule has 0 saturated heterocycles. The molecule has 0 aliphatic heterocycles. The second-order valence-corrected chi connectivity index (χ2v) is 6.65. The van der Waals surface area contributed by atoms with E-state index in [1.54, 1.807) is 16.7 Å². The zero-order chi connectivity index (χ0) is 17.1. The summed E-state index contributed by atoms with van der Waals surface area (Å²) in [5.41, 5.74) is 4.46. The molecule has 0 atom stereocenters. The van der Waals surface area contributed by atoms with Crippen molar-refractivity contribution in [3.05, 3.63) is 89.3 Å². The molecule has 0 unspecified atom stereocenters. The minimum Gasteiger partial charge on any atom is -0.467 e. The lowest BCUT2D eigenvalue weighted by atomic mass is 10.1. The number of benzene rings is 2. The summed E-state index contributed by atoms with van der Waals surface area (Å²) in [5, 5.41) is 0. The van der Waals surface area contributed by atoms with Crippen LogP contribution in [0.4, 0.5) is 0 Å². The minimum atomic E-state index is -0.0180. The number of nitrogens with zero attached hydrogens (tertiary/aromatic N) is 2. The van der Waals surface area contributed by atoms with Gasteiger partial charge in [-0.1, -0.05) is 30.3 Å². The normalized spacial score (nSPS) is 10.9. The molecule has 124 valence electrons. The van der Waals surface area contributed by atoms with Gasteiger partial charge in [-0.05, 0) is 35.9 Å². The van der Waals surface area contributed by atoms with E-state index in [2.05, 4.69) is 4.98 Å². The van der Waals surface area contributed by atoms with E-state index in [4.69, 9.17) is 4.42 Å². The number of fused-ring (bicyclic) bond motifs is 1. The third-order valence-corrected chi connectivity index (χ3v) is 4.80. The van der Waals surface area contributed by atoms with Gasteiger partial charge in [0.05, 0.1) is 28.5 Å². The van der Waals surface area contributed by atoms with Gasteiger partial charge < -0.3 is 9.32 Å². The van der Waals surface area contributed by atoms with Crippen LogP contribution in [0.25, 0.3) is 10.2 Å². The molecule has 0 fully saturated rings. The third kappa shape index (κ3) is 3.46. The standard InChI is InChI=1S/C20H16N2O2S/c23-20(16-8-9-18-19(11-16)25-14-21-18)22(13-17-7-4-10-24-17)12-15-5-2-1-3-6-15/h1-11,14H,12-13H2. The van der Waals surface area contributed by atoms with E-state index in [0.29, 0.717) is 18.7 Å². The van der Waals surface area contributed by atoms with Crippen molar-refractivity contribution in [3.8, 4) is 0 Å². The summed E-state index contributed by atoms with van der Waals surface area (Å²) in [6.45, 7) is 0.961. The van der Waals surface area contributed by atoms with Crippen molar-refractivity contribution in [3.63, 3.8) is 0 Å². The fourth-order valence-electron chi connectivity index (χ4n) is 2.76. The average molecular weight is 348 g/mol. The highest BCUT2D eigenvalue weighted by molar-refractivity contribution is 7.16. The van der Waals surface area contributed by atoms with Crippen molar-refractivity contribution in [2.45, 2.75) is 13.1 Å². The third-order valence-electron chi connectivity index (χ3n) is 4.01. The topological polar surface area (TPSA) is 46.3 Å². The maximum absolute atomic E-state index is 13.1. The van der Waals surface area contributed by atoms with Gasteiger partial charge in [0.15, 0.2) is 0 Å². The van der Waals surface area contributed by atoms with Crippen molar-refractivity contribution in [1.82, 2.24) is 9.88 Å². The van der Waals surface area contributed by atoms with Crippen LogP contribution < -0.4 is 0 Å². The minimum absolute atomic E-state index is 0.0180. The van der Waals surface area contributed by atoms with E-state index >= 15 is 0 Å². The van der Waals surface area contributed by atoms with Crippen molar-refractivity contribution in [2.24, 2.45) is 0 Å². The monoisotopic (exact) mass is 348 g/mol. The summed E-state index contributed by atoms with van der Waals surface area (Å²) in [7, 11) is 0. The van der Waals surface area contributed by atoms with Gasteiger partial charge in [0.25, 0.3) is 5.91 Å². The summed E-state index contributed by atoms with van der Waals surface area (Å²) in [4.78, 5) is 19.2. The Hall–Kier alpha value is -2.92. The average Bonchev–Trinajstić information content (AvgIpc) is 3.32. The van der Waals surface area contributed by atoms with Gasteiger partial charge in [0.1, 0.15) is 5.76 Å². The quantitative estimate of drug-likeness (QED) is 0.524. The zero-order valence-electron chi connectivity index (χ0n) is 13.5. The van der Waals surface area contributed by atoms with E-state index in [1.807, 2.05) is 60.7 Å². The van der Waals surface area contributed by atoms with Gasteiger partial charge in [-0.3, -0.25) is 4.79 Å². The number of furan rings is 1. The fourth-order valence-corrected chi connectivity index (χ4v) is 3.48. The van der Waals surface area contributed by atoms with E-state index in [0.717, 1.165) is 21.5 Å². The molecular weight excluding hydrogens is 332 g/mol. The molecule has 0 saturated carbocycles. The summed E-state index contributed by atoms with van der Waals surface area (Å²) in [6, 6.07) is 19.3. The van der Waals surface area contributed by atoms with Gasteiger partial charge in [-0.2, -0.15) is 0 Å². The van der Waals surface area contributed by atoms with Gasteiger partial charge in [0.2, 0.25) is 0 Å². The Bertz CT molecular complexity index is 977. The molecule has 2 aromatic heterocycles. The van der Waals surface area contributed by atoms with Gasteiger partial charge >= 0.3 is 0 Å². The molecule has 5 heteroatoms. The van der Waals surface area contributed by atoms with E-state index in [9.17, 15) is 4.79 Å². The first-order valence-electron chi connectivity index (χ1n) is 7.98. The van der Waals surface area contributed by atoms with Crippen molar-refractivity contribution < 1.29 is 9.21 Å². The van der Waals surface area contributed by atoms with Crippen LogP contribution in [0, 0.1) is 0 Å². The molecule has 4 aromatic rings. The summed E-state index contributed by atoms with van der Waals surface area (Å²) >= 11 is 1.54. The molecule has 2 aromatic carbocycles. The predicted octanol–water partition coefficient (Wildman–Crippen LogP) is 4.73. The SMILES string of the molecule is O=C(c1ccc2ncsc2c1)N(Cc1ccccc1)Cc1ccco1. The van der Waals surface area contributed by atoms with Crippen molar-refractivity contribution >= 4 is 27.5 Å². The Balaban J connectivity index is 1.64. The number of rotatable bonds is 5. The predicted molar refractivity (Wildman–Crippen MR) is 98.3 cm³/mol. The van der Waals surface area contributed by atoms with Crippen LogP contribution in [0.5, 0.6) is 0 Å². The number of thiazole rings is 1. The van der Waals surface area contributed by atoms with E-state index in [1.165, 1.54) is 11.3 Å². The highest BCUT2D eigenvalue weighted by Gasteiger charge is 2.18. The lowest BCUT2D eigenvalue weighted by Gasteiger charge is -2.22. The van der Waals surface area contributed by atoms with Crippen molar-refractivity contribution in [1.29, 1.82) is 0 Å². The van der Waals surface area contributed by atoms with Crippen LogP contribution in [0.15, 0.2) is 76.9 Å². The van der Waals surface area contributed by atoms with Gasteiger partial charge in [-0.25, -0.2) is 4.98 Å². The number of carbonyl (C=O) groups excluding carboxylic acids is 1. The van der Waals surface area contributed by atoms with Gasteiger partial charge in [-0.15, -0.1) is 11.3 Å². The van der Waals surface area contributed by atoms with E-state index in [-0.39, 0.29) is 5.91 Å². The lowest BCUT2D eigenvalue weighted by molar-refractivity contribution is 0.0718. The van der Waals surface area contributed by atoms with Crippen LogP contribution >= 0.6 is 11.3 Å². The number of amides is 1. The van der Waals surface area contributed by atoms with Crippen LogP contribution in [0.1, 0.15) is 21.7 Å². The molecule has 25 heavy (non-hydrogen) atoms. The Morgan fingerprint density at radius 3 is 2.72 bits per heavy atom. The largest absolute Gasteiger partial charge is 0.467 e. The molecule has 0 aliphatic rings. The van der Waals surface area contributed by atoms with Crippen LogP contribution in [-0.4, -0.2) is 15.8 Å². The van der Waals surface area contributed by atoms with Crippen LogP contribution in [-0.2, 0) is 13.1 Å². The second kappa shape index (κ2) is 6.91. The molecular formula is C20H16N2O2S. The summed E-state index contributed by atoms with van der Waals surface area (Å²) in [6.07, 6.45) is 1.63. The molecule has 0 bridgehead atoms. The molecule has 0 N–H and O–H groups in total. The highest BCUT2D eigenvalue weighted by atomic mass is 32.1. The Morgan fingerprint density at radius 2 is 1.92 bits per heavy atom. The molecule has 0 spiro atoms. The van der Waals surface area contributed by atoms with Crippen LogP contribution in [0.2, 0.25) is 0 Å². The van der Waals surface area contributed by atoms with Gasteiger partial charge in [0, 0.05) is 12.1 Å². The Morgan fingerprint density at radius 1 is 1.04 bits per heavy atom. The van der Waals surface area contributed by atoms with Crippen molar-refractivity contribution in [2.75, 3.05) is 0 Å². The Kier molecular flexibility index (Phi) is 4.31. The number of hydrogen-bond acceptors (Lipinski definition) is 4. The molecule has 4 nitrogen and oxygen atoms in total. The summed E-state index contributed by atoms with van der Waals surface area (Å²) in [5.74, 6) is 0.749. The lowest BCUT2D eigenvalue weighted by Crippen LogP contribution is -2.30. The first kappa shape index (κ1) is 15.6. The maximum atomic E-state index is 13.1. The molecule has 1 amide bonds. The Labute approximate surface area is 149 Å². The first-order valence-corrected chi connectivity index (χ1v) is 8.86. The van der Waals surface area contributed by atoms with E-state index < -0.39 is 0 Å². The highest BCUT2D eigenvalue weighted by Crippen LogP contribution is 2.21. The number of aromatic nitrogens is 1. The smallest absolute Gasteiger partial charge is 0.254 e. The number of hydrogen-bond donors (Lipinski definition) is 0. The molecule has 0 radical (unpaired) electrons. The zero-order valence-corrected chi connectivity index (χ0v) is 14.3. The van der Waals surface area contributed by atoms with Crippen LogP contribution in [0.3, 0.4) is 0 Å². The molecule has 4 rings (SSSR count). The first-order chi connectivity index (χ1) is 12.3.